The molecule has 0 radical (unpaired) electrons. The van der Waals surface area contributed by atoms with Crippen molar-refractivity contribution in [2.75, 3.05) is 31.8 Å². The Morgan fingerprint density at radius 1 is 1.04 bits per heavy atom. The molecule has 4 aromatic rings. The number of aliphatic hydroxyl groups is 1. The van der Waals surface area contributed by atoms with Gasteiger partial charge in [0.15, 0.2) is 40.7 Å². The van der Waals surface area contributed by atoms with Gasteiger partial charge < -0.3 is 44.5 Å². The van der Waals surface area contributed by atoms with Crippen LogP contribution in [0.15, 0.2) is 36.8 Å². The number of fused-ring (bicyclic) bond motifs is 4. The highest BCUT2D eigenvalue weighted by molar-refractivity contribution is 8.06. The molecular formula is C21H22FN10O10P2S-. The Kier molecular flexibility index (Phi) is 7.47. The average molecular weight is 687 g/mol. The maximum Gasteiger partial charge on any atom is 0.529 e. The molecule has 0 saturated carbocycles. The van der Waals surface area contributed by atoms with E-state index < -0.39 is 76.2 Å². The van der Waals surface area contributed by atoms with Gasteiger partial charge in [-0.25, -0.2) is 38.9 Å². The van der Waals surface area contributed by atoms with E-state index in [1.54, 1.807) is 0 Å². The summed E-state index contributed by atoms with van der Waals surface area (Å²) in [4.78, 5) is 37.7. The number of nitrogens with zero attached hydrogens (tertiary/aromatic N) is 8. The Balaban J connectivity index is 1.23. The molecule has 240 valence electrons. The van der Waals surface area contributed by atoms with Gasteiger partial charge in [-0.15, -0.1) is 0 Å². The summed E-state index contributed by atoms with van der Waals surface area (Å²) in [6.07, 6.45) is -4.50. The molecule has 4 aromatic heterocycles. The fourth-order valence-electron chi connectivity index (χ4n) is 4.98. The SMILES string of the molecule is COP1(=O)OCC2OC(n3cnc4c(N)ncnc43)C(OP([O-])(=S)OCC3=C(O1)C(F)C(n1cnc4c(N)ncnc41)O3)C2O. The van der Waals surface area contributed by atoms with Gasteiger partial charge in [-0.1, -0.05) is 11.8 Å². The van der Waals surface area contributed by atoms with E-state index in [-0.39, 0.29) is 34.0 Å². The molecule has 0 amide bonds. The lowest BCUT2D eigenvalue weighted by atomic mass is 10.1. The van der Waals surface area contributed by atoms with Gasteiger partial charge >= 0.3 is 7.82 Å². The van der Waals surface area contributed by atoms with Crippen molar-refractivity contribution < 1.29 is 51.0 Å². The lowest BCUT2D eigenvalue weighted by molar-refractivity contribution is -0.216. The fraction of sp³-hybridized carbons (Fsp3) is 0.429. The second-order valence-corrected chi connectivity index (χ2v) is 14.1. The molecule has 7 heterocycles. The predicted molar refractivity (Wildman–Crippen MR) is 148 cm³/mol. The Morgan fingerprint density at radius 3 is 2.29 bits per heavy atom. The van der Waals surface area contributed by atoms with Crippen LogP contribution in [0.5, 0.6) is 0 Å². The smallest absolute Gasteiger partial charge is 0.529 e. The second-order valence-electron chi connectivity index (χ2n) is 9.73. The molecule has 0 spiro atoms. The van der Waals surface area contributed by atoms with Crippen molar-refractivity contribution in [3.05, 3.63) is 36.8 Å². The topological polar surface area (TPSA) is 264 Å². The van der Waals surface area contributed by atoms with Crippen LogP contribution < -0.4 is 16.4 Å². The Morgan fingerprint density at radius 2 is 1.67 bits per heavy atom. The zero-order valence-corrected chi connectivity index (χ0v) is 25.3. The van der Waals surface area contributed by atoms with Crippen LogP contribution >= 0.6 is 14.5 Å². The van der Waals surface area contributed by atoms with Crippen LogP contribution in [-0.4, -0.2) is 89.0 Å². The number of anilines is 2. The lowest BCUT2D eigenvalue weighted by Crippen LogP contribution is -2.36. The van der Waals surface area contributed by atoms with Crippen molar-refractivity contribution in [1.29, 1.82) is 0 Å². The highest BCUT2D eigenvalue weighted by Gasteiger charge is 2.50. The van der Waals surface area contributed by atoms with Gasteiger partial charge in [0, 0.05) is 7.11 Å². The number of hydrogen-bond acceptors (Lipinski definition) is 19. The third kappa shape index (κ3) is 5.22. The number of halogens is 1. The number of aromatic nitrogens is 8. The molecule has 24 heteroatoms. The molecule has 7 rings (SSSR count). The Bertz CT molecular complexity index is 1930. The quantitative estimate of drug-likeness (QED) is 0.238. The minimum atomic E-state index is -4.63. The van der Waals surface area contributed by atoms with Gasteiger partial charge in [0.1, 0.15) is 61.7 Å². The van der Waals surface area contributed by atoms with E-state index in [4.69, 9.17) is 55.4 Å². The van der Waals surface area contributed by atoms with Gasteiger partial charge in [0.25, 0.3) is 0 Å². The minimum Gasteiger partial charge on any atom is -0.780 e. The number of aliphatic hydroxyl groups excluding tert-OH is 1. The third-order valence-corrected chi connectivity index (χ3v) is 9.96. The molecule has 0 aromatic carbocycles. The summed E-state index contributed by atoms with van der Waals surface area (Å²) in [6, 6.07) is 0. The first-order valence-corrected chi connectivity index (χ1v) is 16.9. The summed E-state index contributed by atoms with van der Waals surface area (Å²) in [5.41, 5.74) is 12.4. The summed E-state index contributed by atoms with van der Waals surface area (Å²) in [7, 11) is -3.63. The predicted octanol–water partition coefficient (Wildman–Crippen LogP) is -0.0447. The number of nitrogen functional groups attached to an aromatic ring is 2. The zero-order chi connectivity index (χ0) is 31.7. The van der Waals surface area contributed by atoms with Crippen LogP contribution in [0, 0.1) is 0 Å². The van der Waals surface area contributed by atoms with Crippen LogP contribution in [0.1, 0.15) is 12.5 Å². The molecule has 1 fully saturated rings. The molecule has 20 nitrogen and oxygen atoms in total. The van der Waals surface area contributed by atoms with Crippen molar-refractivity contribution in [3.8, 4) is 0 Å². The highest BCUT2D eigenvalue weighted by atomic mass is 32.5. The zero-order valence-electron chi connectivity index (χ0n) is 22.7. The summed E-state index contributed by atoms with van der Waals surface area (Å²) in [5.74, 6) is -0.976. The number of hydrogen-bond donors (Lipinski definition) is 3. The van der Waals surface area contributed by atoms with Crippen LogP contribution in [-0.2, 0) is 48.5 Å². The van der Waals surface area contributed by atoms with E-state index in [0.29, 0.717) is 0 Å². The normalized spacial score (nSPS) is 34.1. The minimum absolute atomic E-state index is 0.0352. The maximum atomic E-state index is 16.0. The molecule has 5 N–H and O–H groups in total. The highest BCUT2D eigenvalue weighted by Crippen LogP contribution is 2.56. The first-order chi connectivity index (χ1) is 21.5. The number of phosphoric acid groups is 1. The number of ether oxygens (including phenoxy) is 2. The molecule has 3 aliphatic rings. The van der Waals surface area contributed by atoms with E-state index in [1.165, 1.54) is 28.1 Å². The summed E-state index contributed by atoms with van der Waals surface area (Å²) >= 11 is 5.12. The van der Waals surface area contributed by atoms with Crippen LogP contribution in [0.4, 0.5) is 16.0 Å². The van der Waals surface area contributed by atoms with Gasteiger partial charge in [-0.2, -0.15) is 0 Å². The molecule has 1 saturated heterocycles. The molecule has 3 aliphatic heterocycles. The first-order valence-electron chi connectivity index (χ1n) is 12.9. The molecule has 2 bridgehead atoms. The standard InChI is InChI=1S/C21H23FN10O10P2S/c1-36-43(34)37-2-8-13(33)15(21(39-8)32-7-30-12-17(24)26-5-28-19(12)32)42-44(35,45)38-3-9-14(41-43)10(22)20(40-9)31-6-29-11-16(23)25-4-27-18(11)31/h4-8,10,13,15,20-21,33H,2-3H2,1H3,(H,35,45)(H2,23,25,27)(H2,24,26,28)/p-1. The van der Waals surface area contributed by atoms with E-state index >= 15 is 4.39 Å². The van der Waals surface area contributed by atoms with Gasteiger partial charge in [0.2, 0.25) is 12.4 Å². The first kappa shape index (κ1) is 30.2. The summed E-state index contributed by atoms with van der Waals surface area (Å²) in [6.45, 7) is -5.95. The van der Waals surface area contributed by atoms with Gasteiger partial charge in [-0.05, 0) is 0 Å². The van der Waals surface area contributed by atoms with E-state index in [1.807, 2.05) is 0 Å². The molecular weight excluding hydrogens is 665 g/mol. The lowest BCUT2D eigenvalue weighted by Gasteiger charge is -2.33. The van der Waals surface area contributed by atoms with Crippen molar-refractivity contribution in [1.82, 2.24) is 39.0 Å². The average Bonchev–Trinajstić information content (AvgIpc) is 3.77. The van der Waals surface area contributed by atoms with Gasteiger partial charge in [-0.3, -0.25) is 18.2 Å². The van der Waals surface area contributed by atoms with E-state index in [9.17, 15) is 14.6 Å². The van der Waals surface area contributed by atoms with E-state index in [2.05, 4.69) is 29.9 Å². The molecule has 8 atom stereocenters. The van der Waals surface area contributed by atoms with Crippen LogP contribution in [0.2, 0.25) is 0 Å². The molecule has 8 unspecified atom stereocenters. The number of phosphoric ester groups is 1. The summed E-state index contributed by atoms with van der Waals surface area (Å²) < 4.78 is 70.8. The number of nitrogens with two attached hydrogens (primary N) is 2. The maximum absolute atomic E-state index is 16.0. The Labute approximate surface area is 255 Å². The van der Waals surface area contributed by atoms with E-state index in [0.717, 1.165) is 13.4 Å². The molecule has 45 heavy (non-hydrogen) atoms. The van der Waals surface area contributed by atoms with Crippen molar-refractivity contribution in [3.63, 3.8) is 0 Å². The van der Waals surface area contributed by atoms with Crippen molar-refractivity contribution >= 4 is 60.3 Å². The second kappa shape index (κ2) is 11.1. The van der Waals surface area contributed by atoms with Crippen LogP contribution in [0.25, 0.3) is 22.3 Å². The number of rotatable bonds is 3. The Hall–Kier alpha value is -3.43. The monoisotopic (exact) mass is 687 g/mol. The molecule has 0 aliphatic carbocycles. The van der Waals surface area contributed by atoms with Crippen molar-refractivity contribution in [2.24, 2.45) is 0 Å². The largest absolute Gasteiger partial charge is 0.780 e. The van der Waals surface area contributed by atoms with Crippen molar-refractivity contribution in [2.45, 2.75) is 36.9 Å². The number of alkyl halides is 1. The number of imidazole rings is 2. The van der Waals surface area contributed by atoms with Gasteiger partial charge in [0.05, 0.1) is 12.9 Å². The third-order valence-electron chi connectivity index (χ3n) is 7.11. The van der Waals surface area contributed by atoms with Crippen LogP contribution in [0.3, 0.4) is 0 Å². The summed E-state index contributed by atoms with van der Waals surface area (Å²) in [5, 5.41) is 11.1. The fourth-order valence-corrected chi connectivity index (χ4v) is 7.30.